The highest BCUT2D eigenvalue weighted by atomic mass is 16.2. The fourth-order valence-electron chi connectivity index (χ4n) is 2.79. The van der Waals surface area contributed by atoms with Crippen molar-refractivity contribution in [3.63, 3.8) is 0 Å². The second kappa shape index (κ2) is 3.48. The Morgan fingerprint density at radius 1 is 1.20 bits per heavy atom. The smallest absolute Gasteiger partial charge is 0.239 e. The van der Waals surface area contributed by atoms with Crippen LogP contribution in [0.5, 0.6) is 0 Å². The molecule has 3 heteroatoms. The van der Waals surface area contributed by atoms with E-state index < -0.39 is 0 Å². The normalized spacial score (nSPS) is 30.1. The number of rotatable bonds is 4. The van der Waals surface area contributed by atoms with Crippen molar-refractivity contribution < 1.29 is 4.79 Å². The van der Waals surface area contributed by atoms with Crippen molar-refractivity contribution in [3.05, 3.63) is 0 Å². The number of carbonyl (C=O) groups is 1. The zero-order valence-electron chi connectivity index (χ0n) is 9.41. The summed E-state index contributed by atoms with van der Waals surface area (Å²) in [6, 6.07) is 0.704. The largest absolute Gasteiger partial charge is 0.341 e. The molecule has 15 heavy (non-hydrogen) atoms. The lowest BCUT2D eigenvalue weighted by Crippen LogP contribution is -2.56. The van der Waals surface area contributed by atoms with Crippen molar-refractivity contribution >= 4 is 5.91 Å². The van der Waals surface area contributed by atoms with Crippen LogP contribution < -0.4 is 5.32 Å². The van der Waals surface area contributed by atoms with Crippen LogP contribution in [-0.2, 0) is 4.79 Å². The first-order chi connectivity index (χ1) is 7.27. The topological polar surface area (TPSA) is 32.3 Å². The van der Waals surface area contributed by atoms with Crippen LogP contribution in [-0.4, -0.2) is 36.5 Å². The molecule has 1 heterocycles. The van der Waals surface area contributed by atoms with E-state index in [1.54, 1.807) is 0 Å². The summed E-state index contributed by atoms with van der Waals surface area (Å²) in [4.78, 5) is 14.2. The van der Waals surface area contributed by atoms with E-state index in [1.807, 2.05) is 7.05 Å². The SMILES string of the molecule is CN(C(=O)[C@H]1CCN1)C(C1CC1)C1CC1. The van der Waals surface area contributed by atoms with Gasteiger partial charge in [0, 0.05) is 13.1 Å². The number of likely N-dealkylation sites (N-methyl/N-ethyl adjacent to an activating group) is 1. The van der Waals surface area contributed by atoms with E-state index in [1.165, 1.54) is 25.7 Å². The van der Waals surface area contributed by atoms with Crippen LogP contribution in [0.3, 0.4) is 0 Å². The molecule has 0 aromatic carbocycles. The van der Waals surface area contributed by atoms with Gasteiger partial charge in [0.1, 0.15) is 0 Å². The maximum atomic E-state index is 12.1. The summed E-state index contributed by atoms with van der Waals surface area (Å²) in [7, 11) is 2.02. The van der Waals surface area contributed by atoms with E-state index in [-0.39, 0.29) is 6.04 Å². The van der Waals surface area contributed by atoms with E-state index >= 15 is 0 Å². The molecule has 1 amide bonds. The second-order valence-corrected chi connectivity index (χ2v) is 5.41. The number of amides is 1. The van der Waals surface area contributed by atoms with Crippen LogP contribution in [0.1, 0.15) is 32.1 Å². The predicted molar refractivity (Wildman–Crippen MR) is 58.4 cm³/mol. The van der Waals surface area contributed by atoms with Gasteiger partial charge in [0.05, 0.1) is 6.04 Å². The minimum atomic E-state index is 0.134. The summed E-state index contributed by atoms with van der Waals surface area (Å²) in [6.07, 6.45) is 6.41. The standard InChI is InChI=1S/C12H20N2O/c1-14(12(15)10-6-7-13-10)11(8-2-3-8)9-4-5-9/h8-11,13H,2-7H2,1H3/t10-/m1/s1. The first-order valence-corrected chi connectivity index (χ1v) is 6.27. The molecular weight excluding hydrogens is 188 g/mol. The molecule has 2 saturated carbocycles. The van der Waals surface area contributed by atoms with Gasteiger partial charge < -0.3 is 10.2 Å². The van der Waals surface area contributed by atoms with Crippen LogP contribution >= 0.6 is 0 Å². The average Bonchev–Trinajstić information content (AvgIpc) is 2.95. The summed E-state index contributed by atoms with van der Waals surface area (Å²) in [6.45, 7) is 1.02. The molecule has 0 radical (unpaired) electrons. The van der Waals surface area contributed by atoms with Gasteiger partial charge in [-0.25, -0.2) is 0 Å². The molecule has 0 aromatic heterocycles. The Labute approximate surface area is 91.2 Å². The van der Waals surface area contributed by atoms with E-state index in [2.05, 4.69) is 10.2 Å². The highest BCUT2D eigenvalue weighted by molar-refractivity contribution is 5.83. The fourth-order valence-corrected chi connectivity index (χ4v) is 2.79. The lowest BCUT2D eigenvalue weighted by atomic mass is 10.0. The van der Waals surface area contributed by atoms with Crippen LogP contribution in [0.2, 0.25) is 0 Å². The van der Waals surface area contributed by atoms with Gasteiger partial charge in [0.2, 0.25) is 5.91 Å². The predicted octanol–water partition coefficient (Wildman–Crippen LogP) is 0.995. The second-order valence-electron chi connectivity index (χ2n) is 5.41. The number of nitrogens with zero attached hydrogens (tertiary/aromatic N) is 1. The van der Waals surface area contributed by atoms with Crippen molar-refractivity contribution in [1.82, 2.24) is 10.2 Å². The molecule has 0 spiro atoms. The molecule has 1 N–H and O–H groups in total. The highest BCUT2D eigenvalue weighted by Gasteiger charge is 2.46. The molecule has 0 bridgehead atoms. The minimum absolute atomic E-state index is 0.134. The van der Waals surface area contributed by atoms with Crippen molar-refractivity contribution in [2.75, 3.05) is 13.6 Å². The Bertz CT molecular complexity index is 255. The number of hydrogen-bond acceptors (Lipinski definition) is 2. The van der Waals surface area contributed by atoms with E-state index in [0.717, 1.165) is 24.8 Å². The Morgan fingerprint density at radius 3 is 2.07 bits per heavy atom. The van der Waals surface area contributed by atoms with Gasteiger partial charge in [0.15, 0.2) is 0 Å². The molecular formula is C12H20N2O. The van der Waals surface area contributed by atoms with Gasteiger partial charge in [-0.15, -0.1) is 0 Å². The Morgan fingerprint density at radius 2 is 1.73 bits per heavy atom. The molecule has 0 unspecified atom stereocenters. The number of nitrogens with one attached hydrogen (secondary N) is 1. The van der Waals surface area contributed by atoms with Gasteiger partial charge >= 0.3 is 0 Å². The van der Waals surface area contributed by atoms with Gasteiger partial charge in [-0.3, -0.25) is 4.79 Å². The van der Waals surface area contributed by atoms with Gasteiger partial charge in [-0.2, -0.15) is 0 Å². The zero-order chi connectivity index (χ0) is 10.4. The Balaban J connectivity index is 1.64. The van der Waals surface area contributed by atoms with Crippen molar-refractivity contribution in [3.8, 4) is 0 Å². The lowest BCUT2D eigenvalue weighted by Gasteiger charge is -2.35. The average molecular weight is 208 g/mol. The van der Waals surface area contributed by atoms with Crippen LogP contribution in [0.15, 0.2) is 0 Å². The van der Waals surface area contributed by atoms with Crippen LogP contribution in [0.25, 0.3) is 0 Å². The molecule has 1 atom stereocenters. The van der Waals surface area contributed by atoms with Crippen molar-refractivity contribution in [1.29, 1.82) is 0 Å². The number of hydrogen-bond donors (Lipinski definition) is 1. The van der Waals surface area contributed by atoms with Crippen LogP contribution in [0, 0.1) is 11.8 Å². The summed E-state index contributed by atoms with van der Waals surface area (Å²) in [5.41, 5.74) is 0. The van der Waals surface area contributed by atoms with Crippen molar-refractivity contribution in [2.45, 2.75) is 44.2 Å². The first-order valence-electron chi connectivity index (χ1n) is 6.27. The molecule has 3 fully saturated rings. The van der Waals surface area contributed by atoms with Gasteiger partial charge in [-0.05, 0) is 50.5 Å². The van der Waals surface area contributed by atoms with Gasteiger partial charge in [-0.1, -0.05) is 0 Å². The minimum Gasteiger partial charge on any atom is -0.341 e. The summed E-state index contributed by atoms with van der Waals surface area (Å²) in [5, 5.41) is 3.21. The lowest BCUT2D eigenvalue weighted by molar-refractivity contribution is -0.136. The summed E-state index contributed by atoms with van der Waals surface area (Å²) < 4.78 is 0. The molecule has 1 aliphatic heterocycles. The van der Waals surface area contributed by atoms with Gasteiger partial charge in [0.25, 0.3) is 0 Å². The number of carbonyl (C=O) groups excluding carboxylic acids is 1. The maximum Gasteiger partial charge on any atom is 0.239 e. The summed E-state index contributed by atoms with van der Waals surface area (Å²) in [5.74, 6) is 1.99. The third-order valence-electron chi connectivity index (χ3n) is 4.13. The third-order valence-corrected chi connectivity index (χ3v) is 4.13. The van der Waals surface area contributed by atoms with E-state index in [9.17, 15) is 4.79 Å². The monoisotopic (exact) mass is 208 g/mol. The summed E-state index contributed by atoms with van der Waals surface area (Å²) >= 11 is 0. The van der Waals surface area contributed by atoms with E-state index in [4.69, 9.17) is 0 Å². The molecule has 3 aliphatic rings. The molecule has 3 rings (SSSR count). The zero-order valence-corrected chi connectivity index (χ0v) is 9.41. The third kappa shape index (κ3) is 1.78. The fraction of sp³-hybridized carbons (Fsp3) is 0.917. The molecule has 0 aromatic rings. The Kier molecular flexibility index (Phi) is 2.23. The molecule has 1 saturated heterocycles. The molecule has 2 aliphatic carbocycles. The van der Waals surface area contributed by atoms with Crippen LogP contribution in [0.4, 0.5) is 0 Å². The highest BCUT2D eigenvalue weighted by Crippen LogP contribution is 2.47. The van der Waals surface area contributed by atoms with Crippen molar-refractivity contribution in [2.24, 2.45) is 11.8 Å². The van der Waals surface area contributed by atoms with E-state index in [0.29, 0.717) is 11.9 Å². The molecule has 84 valence electrons. The Hall–Kier alpha value is -0.570. The molecule has 3 nitrogen and oxygen atoms in total. The maximum absolute atomic E-state index is 12.1. The quantitative estimate of drug-likeness (QED) is 0.747. The first kappa shape index (κ1) is 9.64.